The molecule has 0 saturated carbocycles. The van der Waals surface area contributed by atoms with Crippen LogP contribution in [0.1, 0.15) is 58.3 Å². The summed E-state index contributed by atoms with van der Waals surface area (Å²) in [6.45, 7) is 4.00. The first-order chi connectivity index (χ1) is 18.5. The Balaban J connectivity index is 1.60. The maximum Gasteiger partial charge on any atom is 0.337 e. The summed E-state index contributed by atoms with van der Waals surface area (Å²) in [6.07, 6.45) is 5.25. The number of rotatable bonds is 6. The van der Waals surface area contributed by atoms with E-state index < -0.39 is 5.97 Å². The normalized spacial score (nSPS) is 17.0. The number of hydrogen-bond donors (Lipinski definition) is 1. The van der Waals surface area contributed by atoms with Gasteiger partial charge in [-0.1, -0.05) is 65.8 Å². The molecule has 0 radical (unpaired) electrons. The van der Waals surface area contributed by atoms with Gasteiger partial charge in [0, 0.05) is 29.9 Å². The molecule has 3 aromatic heterocycles. The van der Waals surface area contributed by atoms with Crippen molar-refractivity contribution in [2.24, 2.45) is 5.16 Å². The van der Waals surface area contributed by atoms with E-state index in [0.29, 0.717) is 5.82 Å². The van der Waals surface area contributed by atoms with Crippen molar-refractivity contribution in [3.63, 3.8) is 0 Å². The van der Waals surface area contributed by atoms with Gasteiger partial charge < -0.3 is 9.94 Å². The second-order valence-corrected chi connectivity index (χ2v) is 9.58. The number of aromatic carboxylic acids is 1. The maximum absolute atomic E-state index is 11.4. The second-order valence-electron chi connectivity index (χ2n) is 9.58. The van der Waals surface area contributed by atoms with Crippen LogP contribution < -0.4 is 0 Å². The van der Waals surface area contributed by atoms with Crippen LogP contribution in [0.25, 0.3) is 16.9 Å². The third kappa shape index (κ3) is 4.12. The van der Waals surface area contributed by atoms with Crippen LogP contribution in [-0.2, 0) is 4.84 Å². The molecule has 1 N–H and O–H groups in total. The van der Waals surface area contributed by atoms with Gasteiger partial charge >= 0.3 is 5.97 Å². The SMILES string of the molecule is CC1=NOC(C)C1c1cnc2c(c1)c(C(c1ccccc1)c1ccccc1)cn2-c1ccc(C(=O)O)cn1. The topological polar surface area (TPSA) is 89.6 Å². The maximum atomic E-state index is 11.4. The number of benzene rings is 2. The minimum Gasteiger partial charge on any atom is -0.478 e. The van der Waals surface area contributed by atoms with Crippen LogP contribution in [0.5, 0.6) is 0 Å². The van der Waals surface area contributed by atoms with Crippen molar-refractivity contribution < 1.29 is 14.7 Å². The zero-order valence-electron chi connectivity index (χ0n) is 21.0. The number of fused-ring (bicyclic) bond motifs is 1. The Labute approximate surface area is 220 Å². The van der Waals surface area contributed by atoms with E-state index in [1.54, 1.807) is 12.1 Å². The van der Waals surface area contributed by atoms with Gasteiger partial charge in [-0.3, -0.25) is 4.57 Å². The number of pyridine rings is 2. The van der Waals surface area contributed by atoms with E-state index in [9.17, 15) is 9.90 Å². The van der Waals surface area contributed by atoms with Crippen molar-refractivity contribution in [3.8, 4) is 5.82 Å². The molecular weight excluding hydrogens is 476 g/mol. The van der Waals surface area contributed by atoms with E-state index in [0.717, 1.165) is 39.0 Å². The van der Waals surface area contributed by atoms with Gasteiger partial charge in [0.1, 0.15) is 17.6 Å². The molecule has 188 valence electrons. The van der Waals surface area contributed by atoms with Gasteiger partial charge in [0.15, 0.2) is 0 Å². The molecule has 1 aliphatic rings. The third-order valence-electron chi connectivity index (χ3n) is 7.16. The molecule has 38 heavy (non-hydrogen) atoms. The van der Waals surface area contributed by atoms with Gasteiger partial charge in [-0.15, -0.1) is 0 Å². The molecule has 5 aromatic rings. The van der Waals surface area contributed by atoms with Gasteiger partial charge in [-0.05, 0) is 54.3 Å². The zero-order valence-corrected chi connectivity index (χ0v) is 21.0. The Bertz CT molecular complexity index is 1600. The average Bonchev–Trinajstić information content (AvgIpc) is 3.49. The number of aromatic nitrogens is 3. The lowest BCUT2D eigenvalue weighted by Crippen LogP contribution is -2.16. The Morgan fingerprint density at radius 3 is 2.18 bits per heavy atom. The molecule has 2 aromatic carbocycles. The van der Waals surface area contributed by atoms with Gasteiger partial charge in [0.2, 0.25) is 0 Å². The number of nitrogens with zero attached hydrogens (tertiary/aromatic N) is 4. The highest BCUT2D eigenvalue weighted by atomic mass is 16.6. The number of carbonyl (C=O) groups is 1. The fourth-order valence-corrected chi connectivity index (χ4v) is 5.36. The van der Waals surface area contributed by atoms with Crippen molar-refractivity contribution in [2.75, 3.05) is 0 Å². The van der Waals surface area contributed by atoms with Crippen LogP contribution in [0.15, 0.2) is 103 Å². The van der Waals surface area contributed by atoms with Gasteiger partial charge in [0.25, 0.3) is 0 Å². The van der Waals surface area contributed by atoms with Crippen molar-refractivity contribution in [1.82, 2.24) is 14.5 Å². The zero-order chi connectivity index (χ0) is 26.2. The largest absolute Gasteiger partial charge is 0.478 e. The minimum absolute atomic E-state index is 0.0166. The summed E-state index contributed by atoms with van der Waals surface area (Å²) in [5, 5.41) is 14.6. The van der Waals surface area contributed by atoms with Crippen LogP contribution in [0.2, 0.25) is 0 Å². The molecule has 0 fully saturated rings. The number of oxime groups is 1. The summed E-state index contributed by atoms with van der Waals surface area (Å²) in [7, 11) is 0. The third-order valence-corrected chi connectivity index (χ3v) is 7.16. The van der Waals surface area contributed by atoms with Gasteiger partial charge in [0.05, 0.1) is 17.2 Å². The summed E-state index contributed by atoms with van der Waals surface area (Å²) in [5.41, 5.74) is 6.25. The summed E-state index contributed by atoms with van der Waals surface area (Å²) < 4.78 is 1.94. The Morgan fingerprint density at radius 2 is 1.63 bits per heavy atom. The van der Waals surface area contributed by atoms with E-state index in [2.05, 4.69) is 70.9 Å². The van der Waals surface area contributed by atoms with Gasteiger partial charge in [-0.25, -0.2) is 14.8 Å². The van der Waals surface area contributed by atoms with Crippen LogP contribution in [0, 0.1) is 0 Å². The number of hydrogen-bond acceptors (Lipinski definition) is 5. The Kier molecular flexibility index (Phi) is 5.96. The monoisotopic (exact) mass is 502 g/mol. The molecule has 0 spiro atoms. The predicted octanol–water partition coefficient (Wildman–Crippen LogP) is 6.18. The highest BCUT2D eigenvalue weighted by Crippen LogP contribution is 2.39. The van der Waals surface area contributed by atoms with Crippen LogP contribution in [0.3, 0.4) is 0 Å². The number of carboxylic acids is 1. The fourth-order valence-electron chi connectivity index (χ4n) is 5.36. The van der Waals surface area contributed by atoms with Gasteiger partial charge in [-0.2, -0.15) is 0 Å². The van der Waals surface area contributed by atoms with E-state index >= 15 is 0 Å². The van der Waals surface area contributed by atoms with Crippen molar-refractivity contribution >= 4 is 22.7 Å². The average molecular weight is 503 g/mol. The smallest absolute Gasteiger partial charge is 0.337 e. The van der Waals surface area contributed by atoms with Crippen LogP contribution in [0.4, 0.5) is 0 Å². The van der Waals surface area contributed by atoms with Crippen LogP contribution >= 0.6 is 0 Å². The standard InChI is InChI=1S/C31H26N4O3/c1-19-28(20(2)38-34-19)24-15-25-26(29(21-9-5-3-6-10-21)22-11-7-4-8-12-22)18-35(30(25)33-17-24)27-14-13-23(16-32-27)31(36)37/h3-18,20,28-29H,1-2H3,(H,36,37). The molecule has 2 atom stereocenters. The predicted molar refractivity (Wildman–Crippen MR) is 146 cm³/mol. The molecule has 0 bridgehead atoms. The first-order valence-electron chi connectivity index (χ1n) is 12.5. The van der Waals surface area contributed by atoms with E-state index in [4.69, 9.17) is 9.82 Å². The van der Waals surface area contributed by atoms with Crippen molar-refractivity contribution in [3.05, 3.63) is 125 Å². The second kappa shape index (κ2) is 9.59. The number of carboxylic acid groups (broad SMARTS) is 1. The molecule has 0 saturated heterocycles. The lowest BCUT2D eigenvalue weighted by Gasteiger charge is -2.19. The first-order valence-corrected chi connectivity index (χ1v) is 12.5. The summed E-state index contributed by atoms with van der Waals surface area (Å²) in [4.78, 5) is 26.3. The van der Waals surface area contributed by atoms with E-state index in [1.165, 1.54) is 6.20 Å². The molecular formula is C31H26N4O3. The Morgan fingerprint density at radius 1 is 0.947 bits per heavy atom. The molecule has 1 aliphatic heterocycles. The molecule has 0 amide bonds. The highest BCUT2D eigenvalue weighted by Gasteiger charge is 2.31. The molecule has 4 heterocycles. The first kappa shape index (κ1) is 23.6. The summed E-state index contributed by atoms with van der Waals surface area (Å²) in [5.74, 6) is -0.448. The fraction of sp³-hybridized carbons (Fsp3) is 0.161. The summed E-state index contributed by atoms with van der Waals surface area (Å²) >= 11 is 0. The van der Waals surface area contributed by atoms with E-state index in [1.807, 2.05) is 36.7 Å². The molecule has 6 rings (SSSR count). The molecule has 7 heteroatoms. The lowest BCUT2D eigenvalue weighted by molar-refractivity contribution is 0.0696. The lowest BCUT2D eigenvalue weighted by atomic mass is 9.84. The van der Waals surface area contributed by atoms with Crippen molar-refractivity contribution in [1.29, 1.82) is 0 Å². The Hall–Kier alpha value is -4.78. The highest BCUT2D eigenvalue weighted by molar-refractivity contribution is 5.92. The molecule has 2 unspecified atom stereocenters. The minimum atomic E-state index is -1.01. The van der Waals surface area contributed by atoms with E-state index in [-0.39, 0.29) is 23.5 Å². The molecule has 7 nitrogen and oxygen atoms in total. The van der Waals surface area contributed by atoms with Crippen molar-refractivity contribution in [2.45, 2.75) is 31.8 Å². The summed E-state index contributed by atoms with van der Waals surface area (Å²) in [6, 6.07) is 26.3. The molecule has 0 aliphatic carbocycles. The quantitative estimate of drug-likeness (QED) is 0.300. The van der Waals surface area contributed by atoms with Crippen LogP contribution in [-0.4, -0.2) is 37.4 Å².